The minimum absolute atomic E-state index is 0.0110. The molecule has 1 saturated heterocycles. The van der Waals surface area contributed by atoms with Crippen LogP contribution in [0, 0.1) is 25.7 Å². The maximum atomic E-state index is 12.0. The van der Waals surface area contributed by atoms with Crippen molar-refractivity contribution in [3.05, 3.63) is 29.3 Å². The standard InChI is InChI=1S/C16H23N3O2/c1-10-5-4-6-11(2)15(10)19-14(20)9-18-16(21)12(3)13-7-17-8-13/h4-6,12-13,17H,7-9H2,1-3H3,(H,18,21)(H,19,20). The zero-order chi connectivity index (χ0) is 15.4. The molecule has 0 aromatic heterocycles. The Bertz CT molecular complexity index is 518. The number of anilines is 1. The zero-order valence-electron chi connectivity index (χ0n) is 12.8. The largest absolute Gasteiger partial charge is 0.347 e. The summed E-state index contributed by atoms with van der Waals surface area (Å²) in [6, 6.07) is 5.86. The number of hydrogen-bond acceptors (Lipinski definition) is 3. The summed E-state index contributed by atoms with van der Waals surface area (Å²) < 4.78 is 0. The molecule has 1 aliphatic rings. The summed E-state index contributed by atoms with van der Waals surface area (Å²) >= 11 is 0. The fourth-order valence-electron chi connectivity index (χ4n) is 2.40. The Labute approximate surface area is 125 Å². The second-order valence-corrected chi connectivity index (χ2v) is 5.74. The number of benzene rings is 1. The van der Waals surface area contributed by atoms with Crippen molar-refractivity contribution in [2.45, 2.75) is 20.8 Å². The highest BCUT2D eigenvalue weighted by atomic mass is 16.2. The van der Waals surface area contributed by atoms with Crippen LogP contribution >= 0.6 is 0 Å². The molecule has 2 rings (SSSR count). The molecule has 0 spiro atoms. The number of aryl methyl sites for hydroxylation is 2. The number of carbonyl (C=O) groups excluding carboxylic acids is 2. The molecule has 1 unspecified atom stereocenters. The molecule has 2 amide bonds. The van der Waals surface area contributed by atoms with Gasteiger partial charge in [0, 0.05) is 11.6 Å². The Morgan fingerprint density at radius 3 is 2.43 bits per heavy atom. The van der Waals surface area contributed by atoms with Gasteiger partial charge >= 0.3 is 0 Å². The second-order valence-electron chi connectivity index (χ2n) is 5.74. The number of carbonyl (C=O) groups is 2. The molecule has 5 heteroatoms. The van der Waals surface area contributed by atoms with Crippen LogP contribution in [0.5, 0.6) is 0 Å². The van der Waals surface area contributed by atoms with Crippen LogP contribution in [0.25, 0.3) is 0 Å². The van der Waals surface area contributed by atoms with Gasteiger partial charge in [-0.25, -0.2) is 0 Å². The van der Waals surface area contributed by atoms with Crippen LogP contribution in [-0.4, -0.2) is 31.4 Å². The molecule has 0 radical (unpaired) electrons. The highest BCUT2D eigenvalue weighted by Crippen LogP contribution is 2.19. The number of para-hydroxylation sites is 1. The monoisotopic (exact) mass is 289 g/mol. The van der Waals surface area contributed by atoms with Gasteiger partial charge < -0.3 is 16.0 Å². The second kappa shape index (κ2) is 6.72. The first kappa shape index (κ1) is 15.5. The fourth-order valence-corrected chi connectivity index (χ4v) is 2.40. The summed E-state index contributed by atoms with van der Waals surface area (Å²) in [6.45, 7) is 7.58. The Balaban J connectivity index is 1.83. The molecule has 0 aliphatic carbocycles. The Kier molecular flexibility index (Phi) is 4.96. The van der Waals surface area contributed by atoms with E-state index in [9.17, 15) is 9.59 Å². The minimum Gasteiger partial charge on any atom is -0.347 e. The Morgan fingerprint density at radius 2 is 1.90 bits per heavy atom. The molecule has 114 valence electrons. The van der Waals surface area contributed by atoms with Crippen LogP contribution in [0.3, 0.4) is 0 Å². The van der Waals surface area contributed by atoms with Crippen LogP contribution in [0.15, 0.2) is 18.2 Å². The molecule has 1 atom stereocenters. The molecule has 0 bridgehead atoms. The lowest BCUT2D eigenvalue weighted by atomic mass is 9.88. The first-order valence-electron chi connectivity index (χ1n) is 7.33. The van der Waals surface area contributed by atoms with Crippen molar-refractivity contribution >= 4 is 17.5 Å². The van der Waals surface area contributed by atoms with E-state index in [1.807, 2.05) is 39.0 Å². The van der Waals surface area contributed by atoms with E-state index in [-0.39, 0.29) is 24.3 Å². The highest BCUT2D eigenvalue weighted by molar-refractivity contribution is 5.96. The van der Waals surface area contributed by atoms with E-state index in [1.165, 1.54) is 0 Å². The smallest absolute Gasteiger partial charge is 0.243 e. The molecule has 1 aromatic carbocycles. The highest BCUT2D eigenvalue weighted by Gasteiger charge is 2.28. The first-order chi connectivity index (χ1) is 9.99. The lowest BCUT2D eigenvalue weighted by Gasteiger charge is -2.31. The van der Waals surface area contributed by atoms with Crippen molar-refractivity contribution in [2.75, 3.05) is 25.0 Å². The van der Waals surface area contributed by atoms with Crippen molar-refractivity contribution in [2.24, 2.45) is 11.8 Å². The molecule has 5 nitrogen and oxygen atoms in total. The molecular weight excluding hydrogens is 266 g/mol. The number of amides is 2. The van der Waals surface area contributed by atoms with E-state index < -0.39 is 0 Å². The molecule has 1 fully saturated rings. The summed E-state index contributed by atoms with van der Waals surface area (Å²) in [5, 5.41) is 8.72. The maximum absolute atomic E-state index is 12.0. The third kappa shape index (κ3) is 3.82. The molecule has 1 heterocycles. The SMILES string of the molecule is Cc1cccc(C)c1NC(=O)CNC(=O)C(C)C1CNC1. The first-order valence-corrected chi connectivity index (χ1v) is 7.33. The lowest BCUT2D eigenvalue weighted by molar-refractivity contribution is -0.128. The van der Waals surface area contributed by atoms with Gasteiger partial charge in [0.1, 0.15) is 0 Å². The average molecular weight is 289 g/mol. The van der Waals surface area contributed by atoms with Crippen LogP contribution < -0.4 is 16.0 Å². The van der Waals surface area contributed by atoms with Gasteiger partial charge in [-0.05, 0) is 44.0 Å². The van der Waals surface area contributed by atoms with Crippen LogP contribution in [0.1, 0.15) is 18.1 Å². The van der Waals surface area contributed by atoms with Crippen molar-refractivity contribution in [3.63, 3.8) is 0 Å². The van der Waals surface area contributed by atoms with Gasteiger partial charge in [0.2, 0.25) is 11.8 Å². The summed E-state index contributed by atoms with van der Waals surface area (Å²) in [5.74, 6) is 0.0729. The molecule has 0 saturated carbocycles. The van der Waals surface area contributed by atoms with E-state index >= 15 is 0 Å². The van der Waals surface area contributed by atoms with Gasteiger partial charge in [-0.3, -0.25) is 9.59 Å². The molecule has 1 aromatic rings. The van der Waals surface area contributed by atoms with Crippen molar-refractivity contribution in [1.82, 2.24) is 10.6 Å². The van der Waals surface area contributed by atoms with Gasteiger partial charge in [-0.15, -0.1) is 0 Å². The third-order valence-corrected chi connectivity index (χ3v) is 4.10. The maximum Gasteiger partial charge on any atom is 0.243 e. The van der Waals surface area contributed by atoms with Crippen molar-refractivity contribution in [1.29, 1.82) is 0 Å². The van der Waals surface area contributed by atoms with Crippen molar-refractivity contribution in [3.8, 4) is 0 Å². The van der Waals surface area contributed by atoms with Crippen LogP contribution in [0.2, 0.25) is 0 Å². The van der Waals surface area contributed by atoms with Crippen LogP contribution in [0.4, 0.5) is 5.69 Å². The van der Waals surface area contributed by atoms with Crippen LogP contribution in [-0.2, 0) is 9.59 Å². The Hall–Kier alpha value is -1.88. The van der Waals surface area contributed by atoms with E-state index in [4.69, 9.17) is 0 Å². The quantitative estimate of drug-likeness (QED) is 0.763. The zero-order valence-corrected chi connectivity index (χ0v) is 12.8. The number of hydrogen-bond donors (Lipinski definition) is 3. The normalized spacial score (nSPS) is 16.0. The van der Waals surface area contributed by atoms with Gasteiger partial charge in [0.05, 0.1) is 6.54 Å². The van der Waals surface area contributed by atoms with E-state index in [0.717, 1.165) is 29.9 Å². The fraction of sp³-hybridized carbons (Fsp3) is 0.500. The third-order valence-electron chi connectivity index (χ3n) is 4.10. The van der Waals surface area contributed by atoms with E-state index in [1.54, 1.807) is 0 Å². The molecule has 1 aliphatic heterocycles. The molecule has 3 N–H and O–H groups in total. The lowest BCUT2D eigenvalue weighted by Crippen LogP contribution is -2.50. The summed E-state index contributed by atoms with van der Waals surface area (Å²) in [4.78, 5) is 23.9. The summed E-state index contributed by atoms with van der Waals surface area (Å²) in [6.07, 6.45) is 0. The number of nitrogens with one attached hydrogen (secondary N) is 3. The number of rotatable bonds is 5. The van der Waals surface area contributed by atoms with Crippen molar-refractivity contribution < 1.29 is 9.59 Å². The summed E-state index contributed by atoms with van der Waals surface area (Å²) in [7, 11) is 0. The van der Waals surface area contributed by atoms with Gasteiger partial charge in [-0.1, -0.05) is 25.1 Å². The predicted octanol–water partition coefficient (Wildman–Crippen LogP) is 1.21. The Morgan fingerprint density at radius 1 is 1.29 bits per heavy atom. The molecule has 21 heavy (non-hydrogen) atoms. The van der Waals surface area contributed by atoms with E-state index in [2.05, 4.69) is 16.0 Å². The summed E-state index contributed by atoms with van der Waals surface area (Å²) in [5.41, 5.74) is 2.86. The van der Waals surface area contributed by atoms with Gasteiger partial charge in [0.15, 0.2) is 0 Å². The minimum atomic E-state index is -0.195. The topological polar surface area (TPSA) is 70.2 Å². The predicted molar refractivity (Wildman–Crippen MR) is 83.1 cm³/mol. The van der Waals surface area contributed by atoms with Gasteiger partial charge in [0.25, 0.3) is 0 Å². The van der Waals surface area contributed by atoms with Gasteiger partial charge in [-0.2, -0.15) is 0 Å². The molecular formula is C16H23N3O2. The van der Waals surface area contributed by atoms with E-state index in [0.29, 0.717) is 5.92 Å². The average Bonchev–Trinajstić information content (AvgIpc) is 2.38.